The zero-order chi connectivity index (χ0) is 13.6. The molecule has 0 fully saturated rings. The van der Waals surface area contributed by atoms with E-state index in [1.54, 1.807) is 30.3 Å². The van der Waals surface area contributed by atoms with Crippen LogP contribution in [0.3, 0.4) is 0 Å². The summed E-state index contributed by atoms with van der Waals surface area (Å²) in [6.07, 6.45) is 0.450. The summed E-state index contributed by atoms with van der Waals surface area (Å²) in [5, 5.41) is 2.50. The second kappa shape index (κ2) is 7.00. The summed E-state index contributed by atoms with van der Waals surface area (Å²) in [6, 6.07) is 8.58. The van der Waals surface area contributed by atoms with Crippen LogP contribution in [0.25, 0.3) is 0 Å². The Labute approximate surface area is 121 Å². The second-order valence-electron chi connectivity index (χ2n) is 3.38. The van der Waals surface area contributed by atoms with Crippen molar-refractivity contribution >= 4 is 40.7 Å². The molecule has 1 amide bonds. The van der Waals surface area contributed by atoms with E-state index < -0.39 is 10.0 Å². The fraction of sp³-hybridized carbons (Fsp3) is 0.250. The molecule has 0 aliphatic rings. The maximum atomic E-state index is 11.9. The molecule has 6 heteroatoms. The Balaban J connectivity index is 2.72. The van der Waals surface area contributed by atoms with Crippen molar-refractivity contribution in [2.24, 2.45) is 0 Å². The van der Waals surface area contributed by atoms with Crippen LogP contribution in [-0.4, -0.2) is 22.5 Å². The van der Waals surface area contributed by atoms with Gasteiger partial charge in [-0.25, -0.2) is 0 Å². The number of nitrogens with one attached hydrogen (secondary N) is 1. The summed E-state index contributed by atoms with van der Waals surface area (Å²) < 4.78 is 3.45. The van der Waals surface area contributed by atoms with Crippen LogP contribution in [0.4, 0.5) is 0 Å². The zero-order valence-electron chi connectivity index (χ0n) is 9.41. The van der Waals surface area contributed by atoms with Crippen LogP contribution in [0.15, 0.2) is 43.0 Å². The number of alkyl halides is 3. The minimum absolute atomic E-state index is 0.160. The smallest absolute Gasteiger partial charge is 0.253 e. The summed E-state index contributed by atoms with van der Waals surface area (Å²) in [4.78, 5) is 11.9. The lowest BCUT2D eigenvalue weighted by Gasteiger charge is -2.25. The second-order valence-corrected chi connectivity index (χ2v) is 5.75. The number of benzene rings is 1. The molecule has 0 saturated carbocycles. The van der Waals surface area contributed by atoms with Gasteiger partial charge in [-0.3, -0.25) is 4.79 Å². The van der Waals surface area contributed by atoms with Gasteiger partial charge in [-0.15, -0.1) is 6.58 Å². The Morgan fingerprint density at radius 2 is 2.00 bits per heavy atom. The van der Waals surface area contributed by atoms with Crippen molar-refractivity contribution in [2.75, 3.05) is 6.61 Å². The molecule has 0 saturated heterocycles. The number of carbonyl (C=O) groups is 1. The number of amides is 1. The van der Waals surface area contributed by atoms with Crippen LogP contribution in [0.1, 0.15) is 10.4 Å². The van der Waals surface area contributed by atoms with Crippen LogP contribution >= 0.6 is 34.8 Å². The maximum absolute atomic E-state index is 11.9. The fourth-order valence-electron chi connectivity index (χ4n) is 1.17. The van der Waals surface area contributed by atoms with Crippen molar-refractivity contribution < 1.29 is 9.53 Å². The number of halogens is 3. The van der Waals surface area contributed by atoms with Gasteiger partial charge in [-0.1, -0.05) is 59.1 Å². The number of hydrogen-bond acceptors (Lipinski definition) is 2. The van der Waals surface area contributed by atoms with Crippen LogP contribution in [-0.2, 0) is 4.74 Å². The van der Waals surface area contributed by atoms with Crippen LogP contribution in [0, 0.1) is 0 Å². The maximum Gasteiger partial charge on any atom is 0.253 e. The van der Waals surface area contributed by atoms with Crippen molar-refractivity contribution in [1.29, 1.82) is 0 Å². The van der Waals surface area contributed by atoms with Gasteiger partial charge in [0.25, 0.3) is 5.91 Å². The van der Waals surface area contributed by atoms with Gasteiger partial charge in [0.05, 0.1) is 6.61 Å². The van der Waals surface area contributed by atoms with Crippen molar-refractivity contribution in [3.63, 3.8) is 0 Å². The van der Waals surface area contributed by atoms with Crippen LogP contribution in [0.5, 0.6) is 0 Å². The van der Waals surface area contributed by atoms with E-state index in [2.05, 4.69) is 11.9 Å². The van der Waals surface area contributed by atoms with Gasteiger partial charge in [0.1, 0.15) is 0 Å². The first kappa shape index (κ1) is 15.3. The van der Waals surface area contributed by atoms with Crippen molar-refractivity contribution in [2.45, 2.75) is 10.0 Å². The minimum atomic E-state index is -1.76. The van der Waals surface area contributed by atoms with E-state index in [0.717, 1.165) is 0 Å². The van der Waals surface area contributed by atoms with Gasteiger partial charge in [0, 0.05) is 5.56 Å². The van der Waals surface area contributed by atoms with Crippen LogP contribution in [0.2, 0.25) is 0 Å². The van der Waals surface area contributed by atoms with E-state index in [1.807, 2.05) is 0 Å². The van der Waals surface area contributed by atoms with Gasteiger partial charge >= 0.3 is 0 Å². The number of ether oxygens (including phenoxy) is 1. The van der Waals surface area contributed by atoms with E-state index >= 15 is 0 Å². The predicted molar refractivity (Wildman–Crippen MR) is 74.1 cm³/mol. The Hall–Kier alpha value is -0.740. The standard InChI is InChI=1S/C12H12Cl3NO2/c1-2-8-18-11(12(13,14)15)16-10(17)9-6-4-3-5-7-9/h2-7,11H,1,8H2,(H,16,17)/t11-/m0/s1. The quantitative estimate of drug-likeness (QED) is 0.515. The molecule has 1 aromatic carbocycles. The van der Waals surface area contributed by atoms with Gasteiger partial charge in [-0.05, 0) is 12.1 Å². The van der Waals surface area contributed by atoms with E-state index in [-0.39, 0.29) is 12.5 Å². The van der Waals surface area contributed by atoms with E-state index in [1.165, 1.54) is 6.08 Å². The first-order valence-electron chi connectivity index (χ1n) is 5.10. The summed E-state index contributed by atoms with van der Waals surface area (Å²) in [7, 11) is 0. The molecule has 0 spiro atoms. The molecule has 1 rings (SSSR count). The first-order chi connectivity index (χ1) is 8.45. The van der Waals surface area contributed by atoms with E-state index in [0.29, 0.717) is 5.56 Å². The average Bonchev–Trinajstić information content (AvgIpc) is 2.34. The molecule has 0 aliphatic carbocycles. The molecule has 0 aliphatic heterocycles. The average molecular weight is 309 g/mol. The number of rotatable bonds is 5. The summed E-state index contributed by atoms with van der Waals surface area (Å²) >= 11 is 17.2. The molecule has 1 atom stereocenters. The zero-order valence-corrected chi connectivity index (χ0v) is 11.7. The van der Waals surface area contributed by atoms with Crippen molar-refractivity contribution in [1.82, 2.24) is 5.32 Å². The van der Waals surface area contributed by atoms with E-state index in [4.69, 9.17) is 39.5 Å². The molecule has 0 bridgehead atoms. The van der Waals surface area contributed by atoms with Gasteiger partial charge in [-0.2, -0.15) is 0 Å². The molecule has 0 aromatic heterocycles. The van der Waals surface area contributed by atoms with Crippen molar-refractivity contribution in [3.05, 3.63) is 48.6 Å². The molecule has 18 heavy (non-hydrogen) atoms. The third-order valence-electron chi connectivity index (χ3n) is 1.98. The molecule has 0 unspecified atom stereocenters. The molecule has 1 N–H and O–H groups in total. The lowest BCUT2D eigenvalue weighted by molar-refractivity contribution is 0.0442. The minimum Gasteiger partial charge on any atom is -0.350 e. The summed E-state index contributed by atoms with van der Waals surface area (Å²) in [6.45, 7) is 3.65. The SMILES string of the molecule is C=CCO[C@H](NC(=O)c1ccccc1)C(Cl)(Cl)Cl. The Kier molecular flexibility index (Phi) is 5.96. The fourth-order valence-corrected chi connectivity index (χ4v) is 1.53. The molecular weight excluding hydrogens is 296 g/mol. The largest absolute Gasteiger partial charge is 0.350 e. The van der Waals surface area contributed by atoms with E-state index in [9.17, 15) is 4.79 Å². The lowest BCUT2D eigenvalue weighted by Crippen LogP contribution is -2.45. The highest BCUT2D eigenvalue weighted by Crippen LogP contribution is 2.31. The topological polar surface area (TPSA) is 38.3 Å². The van der Waals surface area contributed by atoms with Crippen LogP contribution < -0.4 is 5.32 Å². The van der Waals surface area contributed by atoms with Gasteiger partial charge in [0.15, 0.2) is 6.23 Å². The summed E-state index contributed by atoms with van der Waals surface area (Å²) in [5.74, 6) is -0.379. The monoisotopic (exact) mass is 307 g/mol. The number of hydrogen-bond donors (Lipinski definition) is 1. The molecule has 0 radical (unpaired) electrons. The third kappa shape index (κ3) is 4.86. The van der Waals surface area contributed by atoms with Crippen molar-refractivity contribution in [3.8, 4) is 0 Å². The lowest BCUT2D eigenvalue weighted by atomic mass is 10.2. The normalized spacial score (nSPS) is 12.8. The highest BCUT2D eigenvalue weighted by atomic mass is 35.6. The predicted octanol–water partition coefficient (Wildman–Crippen LogP) is 3.32. The summed E-state index contributed by atoms with van der Waals surface area (Å²) in [5.41, 5.74) is 0.457. The van der Waals surface area contributed by atoms with Gasteiger partial charge in [0.2, 0.25) is 3.79 Å². The third-order valence-corrected chi connectivity index (χ3v) is 2.57. The Morgan fingerprint density at radius 1 is 1.39 bits per heavy atom. The molecule has 0 heterocycles. The Bertz CT molecular complexity index is 404. The molecule has 3 nitrogen and oxygen atoms in total. The number of carbonyl (C=O) groups excluding carboxylic acids is 1. The molecular formula is C12H12Cl3NO2. The highest BCUT2D eigenvalue weighted by Gasteiger charge is 2.34. The first-order valence-corrected chi connectivity index (χ1v) is 6.23. The molecule has 98 valence electrons. The molecule has 1 aromatic rings. The van der Waals surface area contributed by atoms with Gasteiger partial charge < -0.3 is 10.1 Å². The highest BCUT2D eigenvalue weighted by molar-refractivity contribution is 6.68. The Morgan fingerprint density at radius 3 is 2.50 bits per heavy atom.